The van der Waals surface area contributed by atoms with E-state index in [2.05, 4.69) is 25.7 Å². The largest absolute Gasteiger partial charge is 2.00 e. The fourth-order valence-corrected chi connectivity index (χ4v) is 12.4. The minimum atomic E-state index is -0.894. The van der Waals surface area contributed by atoms with Crippen molar-refractivity contribution in [3.63, 3.8) is 0 Å². The van der Waals surface area contributed by atoms with Crippen LogP contribution in [0.3, 0.4) is 0 Å². The van der Waals surface area contributed by atoms with Crippen molar-refractivity contribution in [1.82, 2.24) is 0 Å². The maximum atomic E-state index is 2.87. The zero-order valence-electron chi connectivity index (χ0n) is 15.4. The molecule has 0 saturated heterocycles. The SMILES string of the molecule is CC(C)=CC=P(C1CCCC1)(C1CCCC1)C1CCCC1.[Cl-].[Cl-].[Ru+2]. The summed E-state index contributed by atoms with van der Waals surface area (Å²) < 4.78 is 0. The van der Waals surface area contributed by atoms with Gasteiger partial charge in [-0.2, -0.15) is 0 Å². The first-order chi connectivity index (χ1) is 10.2. The molecule has 0 amide bonds. The van der Waals surface area contributed by atoms with Crippen molar-refractivity contribution in [3.8, 4) is 0 Å². The Hall–Kier alpha value is 1.24. The summed E-state index contributed by atoms with van der Waals surface area (Å²) in [6, 6.07) is 0. The molecule has 0 nitrogen and oxygen atoms in total. The quantitative estimate of drug-likeness (QED) is 0.411. The smallest absolute Gasteiger partial charge is 1.00 e. The van der Waals surface area contributed by atoms with E-state index in [0.717, 1.165) is 17.0 Å². The number of hydrogen-bond acceptors (Lipinski definition) is 0. The van der Waals surface area contributed by atoms with Gasteiger partial charge in [0.05, 0.1) is 0 Å². The molecule has 0 spiro atoms. The van der Waals surface area contributed by atoms with Crippen LogP contribution in [0.4, 0.5) is 0 Å². The van der Waals surface area contributed by atoms with E-state index in [1.807, 2.05) is 0 Å². The van der Waals surface area contributed by atoms with Crippen LogP contribution in [0.15, 0.2) is 11.6 Å². The van der Waals surface area contributed by atoms with Gasteiger partial charge >= 0.3 is 19.5 Å². The van der Waals surface area contributed by atoms with E-state index in [-0.39, 0.29) is 44.3 Å². The van der Waals surface area contributed by atoms with E-state index in [0.29, 0.717) is 0 Å². The Morgan fingerprint density at radius 1 is 0.667 bits per heavy atom. The molecule has 0 aromatic rings. The third kappa shape index (κ3) is 5.38. The zero-order valence-corrected chi connectivity index (χ0v) is 19.6. The second kappa shape index (κ2) is 11.9. The summed E-state index contributed by atoms with van der Waals surface area (Å²) in [7, 11) is 0. The molecule has 142 valence electrons. The van der Waals surface area contributed by atoms with Gasteiger partial charge in [-0.3, -0.25) is 0 Å². The molecule has 3 aliphatic rings. The topological polar surface area (TPSA) is 0 Å². The molecule has 0 N–H and O–H groups in total. The number of hydrogen-bond donors (Lipinski definition) is 0. The van der Waals surface area contributed by atoms with Crippen LogP contribution in [0.5, 0.6) is 0 Å². The first-order valence-electron chi connectivity index (χ1n) is 9.60. The Morgan fingerprint density at radius 2 is 0.958 bits per heavy atom. The molecular formula is C20H35Cl2PRu. The first kappa shape index (κ1) is 25.2. The molecule has 0 radical (unpaired) electrons. The second-order valence-electron chi connectivity index (χ2n) is 8.10. The number of rotatable bonds is 4. The van der Waals surface area contributed by atoms with Gasteiger partial charge < -0.3 is 24.8 Å². The van der Waals surface area contributed by atoms with E-state index in [1.54, 1.807) is 38.5 Å². The molecule has 3 fully saturated rings. The second-order valence-corrected chi connectivity index (χ2v) is 12.4. The molecule has 0 heterocycles. The Bertz CT molecular complexity index is 377. The van der Waals surface area contributed by atoms with Gasteiger partial charge in [0.1, 0.15) is 0 Å². The van der Waals surface area contributed by atoms with Crippen molar-refractivity contribution < 1.29 is 44.3 Å². The van der Waals surface area contributed by atoms with Gasteiger partial charge in [0, 0.05) is 0 Å². The summed E-state index contributed by atoms with van der Waals surface area (Å²) in [5.41, 5.74) is 4.85. The van der Waals surface area contributed by atoms with E-state index < -0.39 is 6.89 Å². The number of halogens is 2. The molecule has 0 aliphatic heterocycles. The minimum Gasteiger partial charge on any atom is -1.00 e. The summed E-state index contributed by atoms with van der Waals surface area (Å²) >= 11 is 0. The van der Waals surface area contributed by atoms with Gasteiger partial charge in [-0.1, -0.05) is 62.9 Å². The predicted octanol–water partition coefficient (Wildman–Crippen LogP) is 0.606. The molecule has 4 heteroatoms. The van der Waals surface area contributed by atoms with E-state index in [9.17, 15) is 0 Å². The summed E-state index contributed by atoms with van der Waals surface area (Å²) in [6.07, 6.45) is 21.1. The third-order valence-corrected chi connectivity index (χ3v) is 12.5. The van der Waals surface area contributed by atoms with Crippen LogP contribution in [0.2, 0.25) is 0 Å². The molecule has 3 aliphatic carbocycles. The first-order valence-corrected chi connectivity index (χ1v) is 11.7. The molecule has 0 aromatic carbocycles. The van der Waals surface area contributed by atoms with E-state index in [1.165, 1.54) is 44.1 Å². The van der Waals surface area contributed by atoms with Crippen molar-refractivity contribution in [2.45, 2.75) is 108 Å². The normalized spacial score (nSPS) is 22.4. The molecular weight excluding hydrogens is 443 g/mol. The van der Waals surface area contributed by atoms with Crippen LogP contribution in [0.25, 0.3) is 0 Å². The van der Waals surface area contributed by atoms with Gasteiger partial charge in [-0.05, 0) is 69.3 Å². The minimum absolute atomic E-state index is 0. The van der Waals surface area contributed by atoms with Gasteiger partial charge in [0.15, 0.2) is 0 Å². The average Bonchev–Trinajstić information content (AvgIpc) is 3.24. The van der Waals surface area contributed by atoms with Crippen LogP contribution < -0.4 is 24.8 Å². The average molecular weight is 478 g/mol. The molecule has 0 aromatic heterocycles. The van der Waals surface area contributed by atoms with Crippen molar-refractivity contribution in [2.24, 2.45) is 0 Å². The van der Waals surface area contributed by atoms with Crippen LogP contribution in [0.1, 0.15) is 90.9 Å². The molecule has 0 unspecified atom stereocenters. The predicted molar refractivity (Wildman–Crippen MR) is 99.2 cm³/mol. The van der Waals surface area contributed by atoms with Gasteiger partial charge in [0.2, 0.25) is 0 Å². The van der Waals surface area contributed by atoms with Crippen LogP contribution in [-0.2, 0) is 19.5 Å². The molecule has 24 heavy (non-hydrogen) atoms. The summed E-state index contributed by atoms with van der Waals surface area (Å²) in [5.74, 6) is 2.87. The molecule has 3 saturated carbocycles. The Balaban J connectivity index is 0.00000176. The van der Waals surface area contributed by atoms with Crippen LogP contribution in [-0.4, -0.2) is 22.8 Å². The van der Waals surface area contributed by atoms with Crippen LogP contribution in [0, 0.1) is 0 Å². The Morgan fingerprint density at radius 3 is 1.21 bits per heavy atom. The molecule has 0 atom stereocenters. The summed E-state index contributed by atoms with van der Waals surface area (Å²) in [4.78, 5) is 0. The van der Waals surface area contributed by atoms with Crippen molar-refractivity contribution in [2.75, 3.05) is 0 Å². The van der Waals surface area contributed by atoms with E-state index >= 15 is 0 Å². The van der Waals surface area contributed by atoms with Gasteiger partial charge in [-0.25, -0.2) is 0 Å². The molecule has 0 bridgehead atoms. The van der Waals surface area contributed by atoms with Gasteiger partial charge in [-0.15, -0.1) is 0 Å². The van der Waals surface area contributed by atoms with Crippen molar-refractivity contribution in [3.05, 3.63) is 11.6 Å². The maximum Gasteiger partial charge on any atom is 2.00 e. The Labute approximate surface area is 175 Å². The van der Waals surface area contributed by atoms with Crippen LogP contribution >= 0.6 is 6.89 Å². The zero-order chi connectivity index (χ0) is 14.7. The standard InChI is InChI=1S/C20H35P.2ClH.Ru/c1-17(2)15-16-21(18-9-3-4-10-18,19-11-5-6-12-19)20-13-7-8-14-20;;;/h15-16,18-20H,3-14H2,1-2H3;2*1H;/q;;;+2/p-2. The summed E-state index contributed by atoms with van der Waals surface area (Å²) in [5, 5.41) is 0. The molecule has 3 rings (SSSR count). The fraction of sp³-hybridized carbons (Fsp3) is 0.850. The van der Waals surface area contributed by atoms with E-state index in [4.69, 9.17) is 0 Å². The maximum absolute atomic E-state index is 2.87. The van der Waals surface area contributed by atoms with Crippen molar-refractivity contribution >= 4 is 12.7 Å². The fourth-order valence-electron chi connectivity index (χ4n) is 5.59. The summed E-state index contributed by atoms with van der Waals surface area (Å²) in [6.45, 7) is 3.70. The van der Waals surface area contributed by atoms with Crippen molar-refractivity contribution in [1.29, 1.82) is 0 Å². The Kier molecular flexibility index (Phi) is 12.5. The monoisotopic (exact) mass is 478 g/mol. The van der Waals surface area contributed by atoms with Gasteiger partial charge in [0.25, 0.3) is 0 Å². The number of allylic oxidation sites excluding steroid dienone is 2. The third-order valence-electron chi connectivity index (χ3n) is 6.54.